The number of aromatic carboxylic acids is 1. The predicted molar refractivity (Wildman–Crippen MR) is 96.5 cm³/mol. The van der Waals surface area contributed by atoms with Gasteiger partial charge in [0.05, 0.1) is 5.56 Å². The molecule has 4 nitrogen and oxygen atoms in total. The van der Waals surface area contributed by atoms with Gasteiger partial charge in [-0.25, -0.2) is 4.79 Å². The number of hydrogen-bond acceptors (Lipinski definition) is 3. The molecule has 2 aromatic carbocycles. The van der Waals surface area contributed by atoms with E-state index in [0.29, 0.717) is 11.6 Å². The summed E-state index contributed by atoms with van der Waals surface area (Å²) in [5, 5.41) is 8.98. The SMILES string of the molecule is CN(Cc1ccc(C(=O)O)cc1)C1CCCN(c2ccccc2)C1. The average molecular weight is 324 g/mol. The van der Waals surface area contributed by atoms with Crippen molar-refractivity contribution in [3.8, 4) is 0 Å². The average Bonchev–Trinajstić information content (AvgIpc) is 2.63. The number of rotatable bonds is 5. The lowest BCUT2D eigenvalue weighted by Gasteiger charge is -2.39. The number of likely N-dealkylation sites (N-methyl/N-ethyl adjacent to an activating group) is 1. The molecule has 1 unspecified atom stereocenters. The number of hydrogen-bond donors (Lipinski definition) is 1. The molecule has 0 bridgehead atoms. The van der Waals surface area contributed by atoms with Gasteiger partial charge < -0.3 is 10.0 Å². The summed E-state index contributed by atoms with van der Waals surface area (Å²) < 4.78 is 0. The zero-order valence-electron chi connectivity index (χ0n) is 14.1. The summed E-state index contributed by atoms with van der Waals surface area (Å²) in [5.74, 6) is -0.874. The number of nitrogens with zero attached hydrogens (tertiary/aromatic N) is 2. The van der Waals surface area contributed by atoms with Gasteiger partial charge in [0, 0.05) is 31.4 Å². The normalized spacial score (nSPS) is 17.9. The van der Waals surface area contributed by atoms with Gasteiger partial charge in [-0.05, 0) is 49.7 Å². The Morgan fingerprint density at radius 1 is 1.17 bits per heavy atom. The smallest absolute Gasteiger partial charge is 0.335 e. The summed E-state index contributed by atoms with van der Waals surface area (Å²) in [7, 11) is 2.16. The van der Waals surface area contributed by atoms with Crippen LogP contribution in [0.2, 0.25) is 0 Å². The Morgan fingerprint density at radius 2 is 1.88 bits per heavy atom. The molecular weight excluding hydrogens is 300 g/mol. The highest BCUT2D eigenvalue weighted by molar-refractivity contribution is 5.87. The van der Waals surface area contributed by atoms with Crippen molar-refractivity contribution < 1.29 is 9.90 Å². The highest BCUT2D eigenvalue weighted by Crippen LogP contribution is 2.22. The third-order valence-corrected chi connectivity index (χ3v) is 4.77. The van der Waals surface area contributed by atoms with E-state index in [0.717, 1.165) is 25.2 Å². The van der Waals surface area contributed by atoms with Crippen molar-refractivity contribution >= 4 is 11.7 Å². The van der Waals surface area contributed by atoms with Crippen molar-refractivity contribution in [1.29, 1.82) is 0 Å². The lowest BCUT2D eigenvalue weighted by molar-refractivity contribution is 0.0697. The first-order chi connectivity index (χ1) is 11.6. The number of anilines is 1. The molecule has 4 heteroatoms. The second-order valence-corrected chi connectivity index (χ2v) is 6.49. The van der Waals surface area contributed by atoms with Crippen LogP contribution in [0.3, 0.4) is 0 Å². The van der Waals surface area contributed by atoms with E-state index in [9.17, 15) is 4.79 Å². The minimum Gasteiger partial charge on any atom is -0.478 e. The topological polar surface area (TPSA) is 43.8 Å². The van der Waals surface area contributed by atoms with E-state index in [4.69, 9.17) is 5.11 Å². The molecule has 1 atom stereocenters. The standard InChI is InChI=1S/C20H24N2O2/c1-21(14-16-9-11-17(12-10-16)20(23)24)19-8-5-13-22(15-19)18-6-3-2-4-7-18/h2-4,6-7,9-12,19H,5,8,13-15H2,1H3,(H,23,24). The van der Waals surface area contributed by atoms with Crippen LogP contribution in [0.25, 0.3) is 0 Å². The van der Waals surface area contributed by atoms with Crippen LogP contribution in [-0.4, -0.2) is 42.2 Å². The van der Waals surface area contributed by atoms with Crippen molar-refractivity contribution in [2.75, 3.05) is 25.0 Å². The zero-order chi connectivity index (χ0) is 16.9. The van der Waals surface area contributed by atoms with Crippen LogP contribution in [0.1, 0.15) is 28.8 Å². The first kappa shape index (κ1) is 16.5. The molecule has 2 aromatic rings. The maximum Gasteiger partial charge on any atom is 0.335 e. The van der Waals surface area contributed by atoms with E-state index in [1.807, 2.05) is 12.1 Å². The Kier molecular flexibility index (Phi) is 5.16. The van der Waals surface area contributed by atoms with Crippen molar-refractivity contribution in [2.24, 2.45) is 0 Å². The molecule has 24 heavy (non-hydrogen) atoms. The number of para-hydroxylation sites is 1. The van der Waals surface area contributed by atoms with Crippen molar-refractivity contribution in [2.45, 2.75) is 25.4 Å². The molecule has 0 amide bonds. The quantitative estimate of drug-likeness (QED) is 0.914. The monoisotopic (exact) mass is 324 g/mol. The molecule has 1 fully saturated rings. The summed E-state index contributed by atoms with van der Waals surface area (Å²) in [6.07, 6.45) is 2.40. The van der Waals surface area contributed by atoms with E-state index in [-0.39, 0.29) is 0 Å². The van der Waals surface area contributed by atoms with Gasteiger partial charge in [-0.15, -0.1) is 0 Å². The lowest BCUT2D eigenvalue weighted by atomic mass is 10.0. The molecule has 1 aliphatic rings. The summed E-state index contributed by atoms with van der Waals surface area (Å²) >= 11 is 0. The van der Waals surface area contributed by atoms with Crippen LogP contribution in [0.5, 0.6) is 0 Å². The molecule has 0 spiro atoms. The van der Waals surface area contributed by atoms with Crippen LogP contribution in [0.15, 0.2) is 54.6 Å². The molecule has 0 radical (unpaired) electrons. The van der Waals surface area contributed by atoms with Gasteiger partial charge in [-0.2, -0.15) is 0 Å². The number of benzene rings is 2. The fourth-order valence-electron chi connectivity index (χ4n) is 3.36. The number of carbonyl (C=O) groups is 1. The molecule has 1 aliphatic heterocycles. The van der Waals surface area contributed by atoms with Crippen molar-refractivity contribution in [3.63, 3.8) is 0 Å². The van der Waals surface area contributed by atoms with Gasteiger partial charge in [-0.3, -0.25) is 4.90 Å². The van der Waals surface area contributed by atoms with Crippen LogP contribution in [0, 0.1) is 0 Å². The summed E-state index contributed by atoms with van der Waals surface area (Å²) in [6.45, 7) is 2.99. The molecule has 1 saturated heterocycles. The van der Waals surface area contributed by atoms with Gasteiger partial charge >= 0.3 is 5.97 Å². The molecule has 0 aromatic heterocycles. The Balaban J connectivity index is 1.62. The van der Waals surface area contributed by atoms with Crippen molar-refractivity contribution in [1.82, 2.24) is 4.90 Å². The molecule has 1 heterocycles. The van der Waals surface area contributed by atoms with E-state index in [1.165, 1.54) is 18.5 Å². The predicted octanol–water partition coefficient (Wildman–Crippen LogP) is 3.49. The van der Waals surface area contributed by atoms with Gasteiger partial charge in [0.15, 0.2) is 0 Å². The highest BCUT2D eigenvalue weighted by atomic mass is 16.4. The molecule has 3 rings (SSSR count). The largest absolute Gasteiger partial charge is 0.478 e. The third-order valence-electron chi connectivity index (χ3n) is 4.77. The maximum atomic E-state index is 10.9. The second kappa shape index (κ2) is 7.49. The number of carboxylic acid groups (broad SMARTS) is 1. The fraction of sp³-hybridized carbons (Fsp3) is 0.350. The maximum absolute atomic E-state index is 10.9. The van der Waals surface area contributed by atoms with Crippen LogP contribution in [-0.2, 0) is 6.54 Å². The molecule has 0 saturated carbocycles. The Morgan fingerprint density at radius 3 is 2.54 bits per heavy atom. The second-order valence-electron chi connectivity index (χ2n) is 6.49. The minimum atomic E-state index is -0.874. The summed E-state index contributed by atoms with van der Waals surface area (Å²) in [6, 6.07) is 18.3. The fourth-order valence-corrected chi connectivity index (χ4v) is 3.36. The lowest BCUT2D eigenvalue weighted by Crippen LogP contribution is -2.46. The van der Waals surface area contributed by atoms with Crippen LogP contribution >= 0.6 is 0 Å². The Labute approximate surface area is 143 Å². The first-order valence-corrected chi connectivity index (χ1v) is 8.46. The molecule has 1 N–H and O–H groups in total. The Hall–Kier alpha value is -2.33. The minimum absolute atomic E-state index is 0.342. The molecule has 0 aliphatic carbocycles. The summed E-state index contributed by atoms with van der Waals surface area (Å²) in [4.78, 5) is 15.8. The van der Waals surface area contributed by atoms with Crippen LogP contribution < -0.4 is 4.90 Å². The van der Waals surface area contributed by atoms with E-state index >= 15 is 0 Å². The van der Waals surface area contributed by atoms with E-state index < -0.39 is 5.97 Å². The third kappa shape index (κ3) is 3.95. The summed E-state index contributed by atoms with van der Waals surface area (Å²) in [5.41, 5.74) is 2.79. The molecular formula is C20H24N2O2. The number of piperidine rings is 1. The van der Waals surface area contributed by atoms with Gasteiger partial charge in [0.25, 0.3) is 0 Å². The van der Waals surface area contributed by atoms with Gasteiger partial charge in [0.2, 0.25) is 0 Å². The first-order valence-electron chi connectivity index (χ1n) is 8.46. The van der Waals surface area contributed by atoms with Gasteiger partial charge in [0.1, 0.15) is 0 Å². The van der Waals surface area contributed by atoms with E-state index in [2.05, 4.69) is 47.2 Å². The highest BCUT2D eigenvalue weighted by Gasteiger charge is 2.23. The molecule has 126 valence electrons. The van der Waals surface area contributed by atoms with Crippen LogP contribution in [0.4, 0.5) is 5.69 Å². The van der Waals surface area contributed by atoms with Gasteiger partial charge in [-0.1, -0.05) is 30.3 Å². The number of carboxylic acids is 1. The zero-order valence-corrected chi connectivity index (χ0v) is 14.1. The van der Waals surface area contributed by atoms with E-state index in [1.54, 1.807) is 12.1 Å². The Bertz CT molecular complexity index is 670. The van der Waals surface area contributed by atoms with Crippen molar-refractivity contribution in [3.05, 3.63) is 65.7 Å².